The Bertz CT molecular complexity index is 1410. The number of hydrogen-bond acceptors (Lipinski definition) is 6. The monoisotopic (exact) mass is 493 g/mol. The van der Waals surface area contributed by atoms with Gasteiger partial charge in [0, 0.05) is 48.1 Å². The molecule has 0 spiro atoms. The van der Waals surface area contributed by atoms with Crippen molar-refractivity contribution < 1.29 is 9.18 Å². The number of halogens is 2. The lowest BCUT2D eigenvalue weighted by Crippen LogP contribution is -2.45. The number of fused-ring (bicyclic) bond motifs is 4. The molecule has 4 heterocycles. The minimum absolute atomic E-state index is 0.0502. The molecule has 2 bridgehead atoms. The zero-order valence-corrected chi connectivity index (χ0v) is 19.2. The maximum atomic E-state index is 15.0. The Hall–Kier alpha value is -4.05. The topological polar surface area (TPSA) is 129 Å². The van der Waals surface area contributed by atoms with E-state index >= 15 is 4.39 Å². The van der Waals surface area contributed by atoms with Gasteiger partial charge in [-0.15, -0.1) is 0 Å². The molecule has 0 unspecified atom stereocenters. The molecule has 1 fully saturated rings. The summed E-state index contributed by atoms with van der Waals surface area (Å²) < 4.78 is 15.0. The van der Waals surface area contributed by atoms with Gasteiger partial charge in [0.05, 0.1) is 28.1 Å². The van der Waals surface area contributed by atoms with Crippen LogP contribution in [0.4, 0.5) is 20.6 Å². The number of carbonyl (C=O) groups excluding carboxylic acids is 1. The predicted octanol–water partition coefficient (Wildman–Crippen LogP) is 3.95. The van der Waals surface area contributed by atoms with E-state index in [1.165, 1.54) is 30.6 Å². The fraction of sp³-hybridized carbons (Fsp3) is 0.208. The van der Waals surface area contributed by atoms with E-state index in [-0.39, 0.29) is 28.4 Å². The van der Waals surface area contributed by atoms with Crippen molar-refractivity contribution in [2.45, 2.75) is 31.3 Å². The van der Waals surface area contributed by atoms with Crippen molar-refractivity contribution in [2.24, 2.45) is 10.7 Å². The maximum Gasteiger partial charge on any atom is 0.322 e. The lowest BCUT2D eigenvalue weighted by molar-refractivity contribution is 0.177. The summed E-state index contributed by atoms with van der Waals surface area (Å²) in [5.74, 6) is -0.665. The number of H-pyrrole nitrogens is 1. The van der Waals surface area contributed by atoms with Crippen molar-refractivity contribution in [3.05, 3.63) is 86.9 Å². The molecule has 0 aliphatic carbocycles. The number of allylic oxidation sites excluding steroid dienone is 1. The second-order valence-electron chi connectivity index (χ2n) is 8.33. The van der Waals surface area contributed by atoms with Crippen LogP contribution in [0.3, 0.4) is 0 Å². The molecule has 5 rings (SSSR count). The van der Waals surface area contributed by atoms with Gasteiger partial charge in [-0.05, 0) is 49.1 Å². The molecule has 178 valence electrons. The molecular weight excluding hydrogens is 473 g/mol. The minimum Gasteiger partial charge on any atom is -0.404 e. The molecule has 0 saturated carbocycles. The number of nitrogens with two attached hydrogens (primary N) is 1. The molecule has 2 aliphatic rings. The Balaban J connectivity index is 1.36. The quantitative estimate of drug-likeness (QED) is 0.474. The lowest BCUT2D eigenvalue weighted by Gasteiger charge is -2.35. The number of nitrogens with zero attached hydrogens (tertiary/aromatic N) is 4. The standard InChI is InChI=1S/C24H21ClFN7O2/c25-18-10-20(19(26)9-17(18)14(11-27)12-29-15-3-5-28-6-4-15)30-24(35)33-16-1-2-21(33)23-13(7-16)8-22(34)31-32-23/h3-6,8-12,16,21H,1-2,7,27H2,(H,30,35)(H,31,34)/b14-11+,29-12?/t16-,21+/m0/s1. The van der Waals surface area contributed by atoms with E-state index < -0.39 is 11.8 Å². The molecule has 2 amide bonds. The summed E-state index contributed by atoms with van der Waals surface area (Å²) in [4.78, 5) is 34.7. The van der Waals surface area contributed by atoms with E-state index in [1.807, 2.05) is 0 Å². The van der Waals surface area contributed by atoms with E-state index in [0.717, 1.165) is 12.0 Å². The fourth-order valence-corrected chi connectivity index (χ4v) is 4.91. The van der Waals surface area contributed by atoms with Crippen LogP contribution in [0, 0.1) is 5.82 Å². The SMILES string of the molecule is N/C=C(\C=Nc1ccncc1)c1cc(F)c(NC(=O)N2[C@H]3CC[C@@H]2c2n[nH]c(=O)cc2C3)cc1Cl. The van der Waals surface area contributed by atoms with Gasteiger partial charge in [-0.1, -0.05) is 11.6 Å². The second kappa shape index (κ2) is 9.30. The summed E-state index contributed by atoms with van der Waals surface area (Å²) in [6.45, 7) is 0. The van der Waals surface area contributed by atoms with Gasteiger partial charge < -0.3 is 16.0 Å². The van der Waals surface area contributed by atoms with E-state index in [4.69, 9.17) is 17.3 Å². The molecule has 35 heavy (non-hydrogen) atoms. The predicted molar refractivity (Wildman–Crippen MR) is 131 cm³/mol. The molecule has 9 nitrogen and oxygen atoms in total. The number of pyridine rings is 1. The molecule has 1 saturated heterocycles. The third-order valence-electron chi connectivity index (χ3n) is 6.23. The maximum absolute atomic E-state index is 15.0. The first kappa shape index (κ1) is 22.7. The fourth-order valence-electron chi connectivity index (χ4n) is 4.64. The number of aromatic nitrogens is 3. The van der Waals surface area contributed by atoms with E-state index in [0.29, 0.717) is 35.4 Å². The highest BCUT2D eigenvalue weighted by atomic mass is 35.5. The van der Waals surface area contributed by atoms with E-state index in [9.17, 15) is 9.59 Å². The third-order valence-corrected chi connectivity index (χ3v) is 6.55. The van der Waals surface area contributed by atoms with E-state index in [2.05, 4.69) is 25.5 Å². The van der Waals surface area contributed by atoms with Crippen molar-refractivity contribution >= 4 is 40.8 Å². The van der Waals surface area contributed by atoms with Crippen molar-refractivity contribution in [3.63, 3.8) is 0 Å². The van der Waals surface area contributed by atoms with Crippen LogP contribution in [0.2, 0.25) is 5.02 Å². The van der Waals surface area contributed by atoms with Crippen molar-refractivity contribution in [3.8, 4) is 0 Å². The molecule has 11 heteroatoms. The number of carbonyl (C=O) groups is 1. The van der Waals surface area contributed by atoms with Gasteiger partial charge in [0.25, 0.3) is 5.56 Å². The summed E-state index contributed by atoms with van der Waals surface area (Å²) in [6, 6.07) is 6.69. The normalized spacial score (nSPS) is 19.1. The molecule has 2 atom stereocenters. The average Bonchev–Trinajstić information content (AvgIpc) is 3.17. The zero-order chi connectivity index (χ0) is 24.5. The summed E-state index contributed by atoms with van der Waals surface area (Å²) in [6.07, 6.45) is 7.98. The van der Waals surface area contributed by atoms with Gasteiger partial charge in [-0.2, -0.15) is 5.10 Å². The third kappa shape index (κ3) is 4.40. The van der Waals surface area contributed by atoms with Gasteiger partial charge in [0.1, 0.15) is 5.82 Å². The largest absolute Gasteiger partial charge is 0.404 e. The smallest absolute Gasteiger partial charge is 0.322 e. The number of amides is 2. The Morgan fingerprint density at radius 3 is 2.86 bits per heavy atom. The molecule has 2 aromatic heterocycles. The summed E-state index contributed by atoms with van der Waals surface area (Å²) in [7, 11) is 0. The van der Waals surface area contributed by atoms with E-state index in [1.54, 1.807) is 29.4 Å². The van der Waals surface area contributed by atoms with Crippen molar-refractivity contribution in [2.75, 3.05) is 5.32 Å². The molecule has 4 N–H and O–H groups in total. The number of benzene rings is 1. The average molecular weight is 494 g/mol. The molecule has 1 aromatic carbocycles. The van der Waals surface area contributed by atoms with Crippen LogP contribution in [0.1, 0.15) is 35.7 Å². The van der Waals surface area contributed by atoms with Gasteiger partial charge in [0.15, 0.2) is 0 Å². The molecular formula is C24H21ClFN7O2. The van der Waals surface area contributed by atoms with Gasteiger partial charge >= 0.3 is 6.03 Å². The molecule has 3 aromatic rings. The zero-order valence-electron chi connectivity index (χ0n) is 18.4. The number of nitrogens with one attached hydrogen (secondary N) is 2. The van der Waals surface area contributed by atoms with Crippen molar-refractivity contribution in [1.29, 1.82) is 0 Å². The Kier molecular flexibility index (Phi) is 6.04. The van der Waals surface area contributed by atoms with Crippen LogP contribution in [0.15, 0.2) is 58.7 Å². The molecule has 2 aliphatic heterocycles. The highest BCUT2D eigenvalue weighted by molar-refractivity contribution is 6.34. The number of urea groups is 1. The lowest BCUT2D eigenvalue weighted by atomic mass is 9.99. The summed E-state index contributed by atoms with van der Waals surface area (Å²) in [5, 5.41) is 9.44. The Morgan fingerprint density at radius 2 is 2.09 bits per heavy atom. The highest BCUT2D eigenvalue weighted by Gasteiger charge is 2.44. The van der Waals surface area contributed by atoms with Crippen LogP contribution < -0.4 is 16.6 Å². The first-order chi connectivity index (χ1) is 16.9. The van der Waals surface area contributed by atoms with Gasteiger partial charge in [0.2, 0.25) is 0 Å². The van der Waals surface area contributed by atoms with Gasteiger partial charge in [-0.25, -0.2) is 14.3 Å². The summed E-state index contributed by atoms with van der Waals surface area (Å²) >= 11 is 6.43. The van der Waals surface area contributed by atoms with Crippen LogP contribution in [-0.2, 0) is 6.42 Å². The number of rotatable bonds is 4. The molecule has 0 radical (unpaired) electrons. The van der Waals surface area contributed by atoms with Crippen LogP contribution >= 0.6 is 11.6 Å². The van der Waals surface area contributed by atoms with Crippen molar-refractivity contribution in [1.82, 2.24) is 20.1 Å². The van der Waals surface area contributed by atoms with Crippen LogP contribution in [-0.4, -0.2) is 38.4 Å². The Labute approximate surface area is 204 Å². The van der Waals surface area contributed by atoms with Crippen LogP contribution in [0.5, 0.6) is 0 Å². The van der Waals surface area contributed by atoms with Crippen LogP contribution in [0.25, 0.3) is 5.57 Å². The first-order valence-electron chi connectivity index (χ1n) is 11.0. The number of hydrogen-bond donors (Lipinski definition) is 3. The highest BCUT2D eigenvalue weighted by Crippen LogP contribution is 2.42. The number of aliphatic imine (C=N–C) groups is 1. The Morgan fingerprint density at radius 1 is 1.29 bits per heavy atom. The number of anilines is 1. The van der Waals surface area contributed by atoms with Gasteiger partial charge in [-0.3, -0.25) is 14.8 Å². The summed E-state index contributed by atoms with van der Waals surface area (Å²) in [5.41, 5.74) is 8.34. The number of aromatic amines is 1. The second-order valence-corrected chi connectivity index (χ2v) is 8.74. The minimum atomic E-state index is -0.665. The first-order valence-corrected chi connectivity index (χ1v) is 11.4.